The van der Waals surface area contributed by atoms with Crippen LogP contribution < -0.4 is 0 Å². The highest BCUT2D eigenvalue weighted by Crippen LogP contribution is 1.99. The lowest BCUT2D eigenvalue weighted by Crippen LogP contribution is -1.49. The van der Waals surface area contributed by atoms with Crippen LogP contribution in [0.2, 0.25) is 0 Å². The Morgan fingerprint density at radius 2 is 2.67 bits per heavy atom. The molecule has 0 saturated carbocycles. The van der Waals surface area contributed by atoms with E-state index in [1.807, 2.05) is 0 Å². The lowest BCUT2D eigenvalue weighted by atomic mass is 10.6. The first-order valence-electron chi connectivity index (χ1n) is 1.49. The lowest BCUT2D eigenvalue weighted by molar-refractivity contribution is 0.633. The lowest BCUT2D eigenvalue weighted by Gasteiger charge is -1.59. The van der Waals surface area contributed by atoms with Crippen LogP contribution in [0, 0.1) is 11.2 Å². The van der Waals surface area contributed by atoms with Crippen LogP contribution in [0.3, 0.4) is 0 Å². The Labute approximate surface area is 39.2 Å². The van der Waals surface area contributed by atoms with Crippen molar-refractivity contribution in [3.63, 3.8) is 0 Å². The minimum Gasteiger partial charge on any atom is -0.206 e. The van der Waals surface area contributed by atoms with Crippen LogP contribution in [0.1, 0.15) is 0 Å². The van der Waals surface area contributed by atoms with Crippen LogP contribution >= 0.6 is 11.3 Å². The van der Waals surface area contributed by atoms with Crippen molar-refractivity contribution in [2.45, 2.75) is 0 Å². The van der Waals surface area contributed by atoms with Gasteiger partial charge in [-0.15, -0.1) is 11.3 Å². The summed E-state index contributed by atoms with van der Waals surface area (Å²) in [7, 11) is 0. The van der Waals surface area contributed by atoms with E-state index in [2.05, 4.69) is 5.38 Å². The first-order chi connectivity index (χ1) is 2.89. The Bertz CT molecular complexity index is 111. The fraction of sp³-hybridized carbons (Fsp3) is 0. The molecule has 2 heteroatoms. The minimum atomic E-state index is -0.194. The van der Waals surface area contributed by atoms with Crippen LogP contribution in [-0.4, -0.2) is 0 Å². The van der Waals surface area contributed by atoms with E-state index in [9.17, 15) is 4.39 Å². The molecule has 0 N–H and O–H groups in total. The summed E-state index contributed by atoms with van der Waals surface area (Å²) in [5.74, 6) is -0.194. The average molecular weight is 101 g/mol. The van der Waals surface area contributed by atoms with Gasteiger partial charge >= 0.3 is 0 Å². The quantitative estimate of drug-likeness (QED) is 0.466. The molecule has 0 bridgehead atoms. The Hall–Kier alpha value is -0.370. The molecule has 0 aliphatic heterocycles. The van der Waals surface area contributed by atoms with E-state index in [1.54, 1.807) is 0 Å². The zero-order valence-corrected chi connectivity index (χ0v) is 3.76. The highest BCUT2D eigenvalue weighted by molar-refractivity contribution is 7.07. The maximum Gasteiger partial charge on any atom is 0.134 e. The Kier molecular flexibility index (Phi) is 0.881. The Morgan fingerprint density at radius 1 is 1.83 bits per heavy atom. The topological polar surface area (TPSA) is 0 Å². The first-order valence-corrected chi connectivity index (χ1v) is 2.37. The molecule has 0 saturated heterocycles. The summed E-state index contributed by atoms with van der Waals surface area (Å²) in [6.07, 6.45) is 0. The monoisotopic (exact) mass is 101 g/mol. The second kappa shape index (κ2) is 1.39. The van der Waals surface area contributed by atoms with Gasteiger partial charge in [0, 0.05) is 10.8 Å². The molecule has 0 amide bonds. The number of rotatable bonds is 0. The third-order valence-corrected chi connectivity index (χ3v) is 1.03. The van der Waals surface area contributed by atoms with Crippen molar-refractivity contribution in [2.75, 3.05) is 0 Å². The zero-order chi connectivity index (χ0) is 4.41. The highest BCUT2D eigenvalue weighted by Gasteiger charge is 1.80. The molecule has 0 aliphatic carbocycles. The van der Waals surface area contributed by atoms with Gasteiger partial charge < -0.3 is 0 Å². The van der Waals surface area contributed by atoms with Gasteiger partial charge in [-0.05, 0) is 6.07 Å². The van der Waals surface area contributed by atoms with E-state index in [1.165, 1.54) is 22.8 Å². The van der Waals surface area contributed by atoms with Gasteiger partial charge in [0.05, 0.1) is 0 Å². The van der Waals surface area contributed by atoms with E-state index in [4.69, 9.17) is 0 Å². The smallest absolute Gasteiger partial charge is 0.134 e. The molecule has 6 heavy (non-hydrogen) atoms. The van der Waals surface area contributed by atoms with Crippen LogP contribution in [0.4, 0.5) is 4.39 Å². The third kappa shape index (κ3) is 0.571. The van der Waals surface area contributed by atoms with Gasteiger partial charge in [-0.25, -0.2) is 4.39 Å². The van der Waals surface area contributed by atoms with Crippen LogP contribution in [0.25, 0.3) is 0 Å². The number of halogens is 1. The van der Waals surface area contributed by atoms with Gasteiger partial charge in [-0.2, -0.15) is 0 Å². The van der Waals surface area contributed by atoms with Crippen molar-refractivity contribution in [3.05, 3.63) is 22.6 Å². The van der Waals surface area contributed by atoms with Gasteiger partial charge in [0.1, 0.15) is 5.82 Å². The second-order valence-corrected chi connectivity index (χ2v) is 1.59. The molecule has 0 nitrogen and oxygen atoms in total. The number of thiophene rings is 1. The summed E-state index contributed by atoms with van der Waals surface area (Å²) in [6.45, 7) is 0. The van der Waals surface area contributed by atoms with Crippen molar-refractivity contribution >= 4 is 11.3 Å². The number of hydrogen-bond donors (Lipinski definition) is 0. The summed E-state index contributed by atoms with van der Waals surface area (Å²) in [4.78, 5) is 0. The molecule has 0 fully saturated rings. The average Bonchev–Trinajstić information content (AvgIpc) is 1.86. The fourth-order valence-electron chi connectivity index (χ4n) is 0.215. The Morgan fingerprint density at radius 3 is 2.83 bits per heavy atom. The number of hydrogen-bond acceptors (Lipinski definition) is 1. The molecule has 1 heterocycles. The molecule has 31 valence electrons. The molecule has 0 aromatic carbocycles. The normalized spacial score (nSPS) is 8.83. The molecule has 0 aliphatic rings. The predicted octanol–water partition coefficient (Wildman–Crippen LogP) is 1.69. The van der Waals surface area contributed by atoms with Gasteiger partial charge in [0.2, 0.25) is 0 Å². The van der Waals surface area contributed by atoms with Crippen molar-refractivity contribution in [1.29, 1.82) is 0 Å². The molecule has 0 spiro atoms. The standard InChI is InChI=1S/C4H2FS/c5-4-1-2-6-3-4/h1,3H. The second-order valence-electron chi connectivity index (χ2n) is 0.883. The summed E-state index contributed by atoms with van der Waals surface area (Å²) < 4.78 is 11.6. The Balaban J connectivity index is 3.05. The molecule has 1 rings (SSSR count). The molecular weight excluding hydrogens is 99.1 g/mol. The van der Waals surface area contributed by atoms with Gasteiger partial charge in [-0.1, -0.05) is 0 Å². The van der Waals surface area contributed by atoms with Gasteiger partial charge in [-0.3, -0.25) is 0 Å². The minimum absolute atomic E-state index is 0.194. The summed E-state index contributed by atoms with van der Waals surface area (Å²) in [5.41, 5.74) is 0. The molecule has 1 radical (unpaired) electrons. The molecule has 0 unspecified atom stereocenters. The third-order valence-electron chi connectivity index (χ3n) is 0.436. The van der Waals surface area contributed by atoms with E-state index in [0.717, 1.165) is 0 Å². The van der Waals surface area contributed by atoms with Gasteiger partial charge in [0.25, 0.3) is 0 Å². The first kappa shape index (κ1) is 3.81. The van der Waals surface area contributed by atoms with Crippen LogP contribution in [0.15, 0.2) is 11.4 Å². The largest absolute Gasteiger partial charge is 0.206 e. The van der Waals surface area contributed by atoms with Crippen LogP contribution in [-0.2, 0) is 0 Å². The van der Waals surface area contributed by atoms with E-state index < -0.39 is 0 Å². The van der Waals surface area contributed by atoms with Crippen molar-refractivity contribution in [2.24, 2.45) is 0 Å². The van der Waals surface area contributed by atoms with Gasteiger partial charge in [0.15, 0.2) is 0 Å². The summed E-state index contributed by atoms with van der Waals surface area (Å²) in [6, 6.07) is 1.31. The molecule has 0 atom stereocenters. The molecule has 1 aromatic heterocycles. The van der Waals surface area contributed by atoms with Crippen molar-refractivity contribution in [3.8, 4) is 0 Å². The van der Waals surface area contributed by atoms with E-state index >= 15 is 0 Å². The predicted molar refractivity (Wildman–Crippen MR) is 23.1 cm³/mol. The van der Waals surface area contributed by atoms with Crippen molar-refractivity contribution < 1.29 is 4.39 Å². The van der Waals surface area contributed by atoms with Crippen LogP contribution in [0.5, 0.6) is 0 Å². The fourth-order valence-corrected chi connectivity index (χ4v) is 0.644. The summed E-state index contributed by atoms with van der Waals surface area (Å²) >= 11 is 1.24. The maximum absolute atomic E-state index is 11.6. The zero-order valence-electron chi connectivity index (χ0n) is 2.94. The van der Waals surface area contributed by atoms with Crippen molar-refractivity contribution in [1.82, 2.24) is 0 Å². The molecular formula is C4H2FS. The SMILES string of the molecule is Fc1c[c]sc1. The highest BCUT2D eigenvalue weighted by atomic mass is 32.1. The van der Waals surface area contributed by atoms with E-state index in [0.29, 0.717) is 0 Å². The summed E-state index contributed by atoms with van der Waals surface area (Å²) in [5, 5.41) is 4.00. The van der Waals surface area contributed by atoms with E-state index in [-0.39, 0.29) is 5.82 Å². The maximum atomic E-state index is 11.6. The molecule has 1 aromatic rings.